The molecule has 4 N–H and O–H groups in total. The third kappa shape index (κ3) is 4.78. The van der Waals surface area contributed by atoms with Crippen molar-refractivity contribution >= 4 is 11.8 Å². The maximum atomic E-state index is 12.6. The van der Waals surface area contributed by atoms with Crippen molar-refractivity contribution in [3.8, 4) is 5.75 Å². The van der Waals surface area contributed by atoms with Crippen LogP contribution in [-0.4, -0.2) is 37.9 Å². The number of H-pyrrole nitrogens is 1. The Labute approximate surface area is 187 Å². The van der Waals surface area contributed by atoms with Gasteiger partial charge >= 0.3 is 5.69 Å². The highest BCUT2D eigenvalue weighted by Gasteiger charge is 2.21. The first kappa shape index (κ1) is 21.9. The van der Waals surface area contributed by atoms with E-state index in [9.17, 15) is 15.0 Å². The molecule has 1 aliphatic rings. The Morgan fingerprint density at radius 2 is 2.09 bits per heavy atom. The van der Waals surface area contributed by atoms with Gasteiger partial charge in [0.1, 0.15) is 11.4 Å². The van der Waals surface area contributed by atoms with Gasteiger partial charge in [0, 0.05) is 30.2 Å². The number of aromatic amines is 1. The number of fused-ring (bicyclic) bond motifs is 1. The molecule has 1 aliphatic carbocycles. The molecular formula is C25H30N4O3. The van der Waals surface area contributed by atoms with Gasteiger partial charge in [0.15, 0.2) is 0 Å². The first-order chi connectivity index (χ1) is 15.4. The quantitative estimate of drug-likeness (QED) is 0.436. The number of nitrogens with one attached hydrogen (secondary N) is 2. The summed E-state index contributed by atoms with van der Waals surface area (Å²) in [6.07, 6.45) is 6.37. The van der Waals surface area contributed by atoms with Crippen LogP contribution in [0.1, 0.15) is 40.3 Å². The highest BCUT2D eigenvalue weighted by atomic mass is 16.3. The molecule has 3 aromatic rings. The topological polar surface area (TPSA) is 103 Å². The zero-order valence-corrected chi connectivity index (χ0v) is 18.6. The van der Waals surface area contributed by atoms with Crippen LogP contribution in [-0.2, 0) is 19.4 Å². The Morgan fingerprint density at radius 1 is 1.25 bits per heavy atom. The molecular weight excluding hydrogens is 404 g/mol. The number of aliphatic hydroxyl groups is 1. The lowest BCUT2D eigenvalue weighted by Gasteiger charge is -2.21. The van der Waals surface area contributed by atoms with E-state index in [1.54, 1.807) is 16.7 Å². The summed E-state index contributed by atoms with van der Waals surface area (Å²) < 4.78 is 1.67. The van der Waals surface area contributed by atoms with E-state index in [0.717, 1.165) is 42.2 Å². The highest BCUT2D eigenvalue weighted by Crippen LogP contribution is 2.25. The SMILES string of the molecule is Cc1ccc(CCCO)c(NCC2C=Cc3[nH]c(=O)n(Cc4nc(C)ccc4O)c3C2)c1. The molecule has 0 amide bonds. The van der Waals surface area contributed by atoms with E-state index in [-0.39, 0.29) is 30.5 Å². The number of anilines is 1. The maximum Gasteiger partial charge on any atom is 0.326 e. The van der Waals surface area contributed by atoms with Crippen molar-refractivity contribution in [3.05, 3.63) is 80.8 Å². The second-order valence-corrected chi connectivity index (χ2v) is 8.49. The zero-order chi connectivity index (χ0) is 22.7. The summed E-state index contributed by atoms with van der Waals surface area (Å²) in [6, 6.07) is 9.72. The summed E-state index contributed by atoms with van der Waals surface area (Å²) in [5, 5.41) is 22.9. The van der Waals surface area contributed by atoms with E-state index >= 15 is 0 Å². The first-order valence-electron chi connectivity index (χ1n) is 11.0. The van der Waals surface area contributed by atoms with Crippen LogP contribution >= 0.6 is 0 Å². The first-order valence-corrected chi connectivity index (χ1v) is 11.0. The van der Waals surface area contributed by atoms with E-state index in [0.29, 0.717) is 12.1 Å². The van der Waals surface area contributed by atoms with Gasteiger partial charge in [-0.25, -0.2) is 4.79 Å². The Hall–Kier alpha value is -3.32. The Kier molecular flexibility index (Phi) is 6.46. The van der Waals surface area contributed by atoms with Crippen molar-refractivity contribution in [1.29, 1.82) is 0 Å². The largest absolute Gasteiger partial charge is 0.506 e. The van der Waals surface area contributed by atoms with E-state index in [2.05, 4.69) is 46.5 Å². The van der Waals surface area contributed by atoms with Crippen LogP contribution in [0.4, 0.5) is 5.69 Å². The number of hydrogen-bond donors (Lipinski definition) is 4. The fourth-order valence-electron chi connectivity index (χ4n) is 4.19. The molecule has 32 heavy (non-hydrogen) atoms. The minimum atomic E-state index is -0.194. The van der Waals surface area contributed by atoms with Gasteiger partial charge in [-0.05, 0) is 74.4 Å². The lowest BCUT2D eigenvalue weighted by Crippen LogP contribution is -2.24. The number of benzene rings is 1. The van der Waals surface area contributed by atoms with Gasteiger partial charge in [-0.1, -0.05) is 18.2 Å². The Balaban J connectivity index is 1.50. The molecule has 0 spiro atoms. The molecule has 0 radical (unpaired) electrons. The second-order valence-electron chi connectivity index (χ2n) is 8.49. The van der Waals surface area contributed by atoms with Gasteiger partial charge in [0.25, 0.3) is 0 Å². The smallest absolute Gasteiger partial charge is 0.326 e. The molecule has 0 aliphatic heterocycles. The number of rotatable bonds is 8. The second kappa shape index (κ2) is 9.44. The molecule has 2 heterocycles. The summed E-state index contributed by atoms with van der Waals surface area (Å²) in [5.74, 6) is 0.311. The van der Waals surface area contributed by atoms with E-state index < -0.39 is 0 Å². The average Bonchev–Trinajstić information content (AvgIpc) is 3.08. The van der Waals surface area contributed by atoms with Crippen LogP contribution in [0.25, 0.3) is 6.08 Å². The van der Waals surface area contributed by atoms with Crippen LogP contribution in [0.15, 0.2) is 41.2 Å². The van der Waals surface area contributed by atoms with E-state index in [1.165, 1.54) is 11.1 Å². The van der Waals surface area contributed by atoms with Crippen LogP contribution in [0.3, 0.4) is 0 Å². The van der Waals surface area contributed by atoms with Gasteiger partial charge in [-0.2, -0.15) is 0 Å². The number of aromatic nitrogens is 3. The van der Waals surface area contributed by atoms with Crippen LogP contribution in [0.5, 0.6) is 5.75 Å². The molecule has 1 aromatic carbocycles. The number of nitrogens with zero attached hydrogens (tertiary/aromatic N) is 2. The monoisotopic (exact) mass is 434 g/mol. The molecule has 0 saturated heterocycles. The van der Waals surface area contributed by atoms with Gasteiger partial charge in [0.2, 0.25) is 0 Å². The molecule has 7 nitrogen and oxygen atoms in total. The summed E-state index contributed by atoms with van der Waals surface area (Å²) in [7, 11) is 0. The number of aromatic hydroxyl groups is 1. The molecule has 0 saturated carbocycles. The number of pyridine rings is 1. The van der Waals surface area contributed by atoms with Crippen LogP contribution < -0.4 is 11.0 Å². The predicted octanol–water partition coefficient (Wildman–Crippen LogP) is 3.16. The molecule has 1 unspecified atom stereocenters. The van der Waals surface area contributed by atoms with Crippen molar-refractivity contribution in [1.82, 2.24) is 14.5 Å². The van der Waals surface area contributed by atoms with E-state index in [4.69, 9.17) is 0 Å². The predicted molar refractivity (Wildman–Crippen MR) is 126 cm³/mol. The van der Waals surface area contributed by atoms with Gasteiger partial charge in [0.05, 0.1) is 12.2 Å². The van der Waals surface area contributed by atoms with Gasteiger partial charge in [-0.15, -0.1) is 0 Å². The van der Waals surface area contributed by atoms with Gasteiger partial charge in [-0.3, -0.25) is 9.55 Å². The standard InChI is InChI=1S/C25H30N4O3/c1-16-5-8-19(4-3-11-30)21(12-16)26-14-18-7-9-20-23(13-18)29(25(32)28-20)15-22-24(31)10-6-17(2)27-22/h5-10,12,18,26,30-31H,3-4,11,13-15H2,1-2H3,(H,28,32). The molecule has 4 rings (SSSR count). The maximum absolute atomic E-state index is 12.6. The third-order valence-electron chi connectivity index (χ3n) is 5.94. The van der Waals surface area contributed by atoms with Crippen LogP contribution in [0, 0.1) is 19.8 Å². The minimum Gasteiger partial charge on any atom is -0.506 e. The molecule has 168 valence electrons. The number of aliphatic hydroxyl groups excluding tert-OH is 1. The van der Waals surface area contributed by atoms with E-state index in [1.807, 2.05) is 13.0 Å². The molecule has 1 atom stereocenters. The zero-order valence-electron chi connectivity index (χ0n) is 18.6. The number of imidazole rings is 1. The Bertz CT molecular complexity index is 1190. The summed E-state index contributed by atoms with van der Waals surface area (Å²) >= 11 is 0. The lowest BCUT2D eigenvalue weighted by atomic mass is 9.95. The van der Waals surface area contributed by atoms with Crippen molar-refractivity contribution in [2.45, 2.75) is 39.7 Å². The van der Waals surface area contributed by atoms with Crippen molar-refractivity contribution in [2.24, 2.45) is 5.92 Å². The highest BCUT2D eigenvalue weighted by molar-refractivity contribution is 5.55. The van der Waals surface area contributed by atoms with Crippen molar-refractivity contribution in [2.75, 3.05) is 18.5 Å². The normalized spacial score (nSPS) is 15.0. The van der Waals surface area contributed by atoms with Gasteiger partial charge < -0.3 is 20.5 Å². The minimum absolute atomic E-state index is 0.0943. The number of hydrogen-bond acceptors (Lipinski definition) is 5. The number of aryl methyl sites for hydroxylation is 3. The average molecular weight is 435 g/mol. The molecule has 0 bridgehead atoms. The van der Waals surface area contributed by atoms with Crippen molar-refractivity contribution in [3.63, 3.8) is 0 Å². The molecule has 7 heteroatoms. The van der Waals surface area contributed by atoms with Crippen LogP contribution in [0.2, 0.25) is 0 Å². The summed E-state index contributed by atoms with van der Waals surface area (Å²) in [4.78, 5) is 19.9. The molecule has 2 aromatic heterocycles. The summed E-state index contributed by atoms with van der Waals surface area (Å²) in [5.41, 5.74) is 6.32. The summed E-state index contributed by atoms with van der Waals surface area (Å²) in [6.45, 7) is 5.08. The van der Waals surface area contributed by atoms with Crippen molar-refractivity contribution < 1.29 is 10.2 Å². The fraction of sp³-hybridized carbons (Fsp3) is 0.360. The molecule has 0 fully saturated rings. The third-order valence-corrected chi connectivity index (χ3v) is 5.94. The Morgan fingerprint density at radius 3 is 2.91 bits per heavy atom. The fourth-order valence-corrected chi connectivity index (χ4v) is 4.19. The lowest BCUT2D eigenvalue weighted by molar-refractivity contribution is 0.288.